The number of carbonyl (C=O) groups is 2. The van der Waals surface area contributed by atoms with E-state index in [4.69, 9.17) is 5.73 Å². The highest BCUT2D eigenvalue weighted by Gasteiger charge is 2.36. The lowest BCUT2D eigenvalue weighted by Crippen LogP contribution is -2.32. The number of halogens is 1. The first-order valence-corrected chi connectivity index (χ1v) is 6.81. The first kappa shape index (κ1) is 14.2. The van der Waals surface area contributed by atoms with Crippen LogP contribution in [0.3, 0.4) is 0 Å². The third-order valence-corrected chi connectivity index (χ3v) is 3.95. The molecule has 1 aliphatic heterocycles. The fourth-order valence-electron chi connectivity index (χ4n) is 2.85. The maximum absolute atomic E-state index is 13.9. The van der Waals surface area contributed by atoms with Crippen LogP contribution in [0.5, 0.6) is 0 Å². The number of nitrogens with two attached hydrogens (primary N) is 1. The van der Waals surface area contributed by atoms with Crippen molar-refractivity contribution in [2.75, 3.05) is 11.9 Å². The zero-order valence-electron chi connectivity index (χ0n) is 11.9. The van der Waals surface area contributed by atoms with Gasteiger partial charge in [0.25, 0.3) is 5.91 Å². The molecule has 0 saturated carbocycles. The van der Waals surface area contributed by atoms with Gasteiger partial charge in [-0.2, -0.15) is 4.39 Å². The molecule has 0 bridgehead atoms. The fraction of sp³-hybridized carbons (Fsp3) is 0.267. The van der Waals surface area contributed by atoms with Gasteiger partial charge >= 0.3 is 6.01 Å². The lowest BCUT2D eigenvalue weighted by molar-refractivity contribution is -0.119. The van der Waals surface area contributed by atoms with Gasteiger partial charge in [0.05, 0.1) is 11.5 Å². The van der Waals surface area contributed by atoms with E-state index in [9.17, 15) is 14.0 Å². The molecule has 3 rings (SSSR count). The Labute approximate surface area is 125 Å². The Bertz CT molecular complexity index is 756. The summed E-state index contributed by atoms with van der Waals surface area (Å²) >= 11 is 0. The molecular formula is C15H14FN3O3. The van der Waals surface area contributed by atoms with Crippen LogP contribution in [0, 0.1) is 6.01 Å². The summed E-state index contributed by atoms with van der Waals surface area (Å²) in [6, 6.07) is 6.42. The van der Waals surface area contributed by atoms with E-state index in [2.05, 4.69) is 9.68 Å². The molecule has 0 radical (unpaired) electrons. The molecule has 22 heavy (non-hydrogen) atoms. The first-order valence-electron chi connectivity index (χ1n) is 6.81. The van der Waals surface area contributed by atoms with Crippen LogP contribution < -0.4 is 10.6 Å². The highest BCUT2D eigenvalue weighted by Crippen LogP contribution is 2.35. The summed E-state index contributed by atoms with van der Waals surface area (Å²) in [5.41, 5.74) is 6.46. The van der Waals surface area contributed by atoms with Crippen molar-refractivity contribution < 1.29 is 18.5 Å². The number of likely N-dealkylation sites (N-methyl/N-ethyl adjacent to an activating group) is 1. The number of anilines is 1. The second-order valence-corrected chi connectivity index (χ2v) is 5.20. The van der Waals surface area contributed by atoms with E-state index in [0.717, 1.165) is 11.3 Å². The first-order chi connectivity index (χ1) is 10.5. The normalized spacial score (nSPS) is 18.0. The summed E-state index contributed by atoms with van der Waals surface area (Å²) in [5, 5.41) is 3.33. The van der Waals surface area contributed by atoms with Crippen molar-refractivity contribution in [1.82, 2.24) is 5.16 Å². The van der Waals surface area contributed by atoms with E-state index in [1.54, 1.807) is 7.05 Å². The van der Waals surface area contributed by atoms with Crippen molar-refractivity contribution in [2.24, 2.45) is 5.73 Å². The maximum atomic E-state index is 13.9. The molecule has 1 unspecified atom stereocenters. The Balaban J connectivity index is 2.06. The van der Waals surface area contributed by atoms with E-state index in [1.807, 2.05) is 24.3 Å². The number of aryl methyl sites for hydroxylation is 1. The number of carbonyl (C=O) groups excluding carboxylic acids is 2. The summed E-state index contributed by atoms with van der Waals surface area (Å²) in [4.78, 5) is 25.5. The molecule has 0 saturated heterocycles. The number of aromatic nitrogens is 1. The van der Waals surface area contributed by atoms with E-state index in [0.29, 0.717) is 12.8 Å². The smallest absolute Gasteiger partial charge is 0.310 e. The third kappa shape index (κ3) is 2.14. The van der Waals surface area contributed by atoms with Crippen molar-refractivity contribution >= 4 is 17.5 Å². The Kier molecular flexibility index (Phi) is 3.40. The number of hydrogen-bond donors (Lipinski definition) is 1. The minimum absolute atomic E-state index is 0.155. The Morgan fingerprint density at radius 1 is 1.45 bits per heavy atom. The minimum atomic E-state index is -1.04. The van der Waals surface area contributed by atoms with Gasteiger partial charge in [0.2, 0.25) is 5.91 Å². The van der Waals surface area contributed by atoms with Crippen LogP contribution in [-0.2, 0) is 11.2 Å². The maximum Gasteiger partial charge on any atom is 0.310 e. The number of amides is 2. The van der Waals surface area contributed by atoms with Gasteiger partial charge in [0, 0.05) is 12.7 Å². The zero-order chi connectivity index (χ0) is 15.9. The predicted molar refractivity (Wildman–Crippen MR) is 75.9 cm³/mol. The molecule has 1 aromatic carbocycles. The van der Waals surface area contributed by atoms with Crippen molar-refractivity contribution in [3.8, 4) is 0 Å². The number of para-hydroxylation sites is 1. The van der Waals surface area contributed by atoms with Crippen LogP contribution in [-0.4, -0.2) is 24.0 Å². The molecule has 2 heterocycles. The Morgan fingerprint density at radius 3 is 2.91 bits per heavy atom. The number of benzene rings is 1. The molecule has 1 aliphatic rings. The topological polar surface area (TPSA) is 89.4 Å². The predicted octanol–water partition coefficient (Wildman–Crippen LogP) is 1.61. The second-order valence-electron chi connectivity index (χ2n) is 5.20. The molecule has 2 amide bonds. The number of rotatable bonds is 2. The van der Waals surface area contributed by atoms with Crippen LogP contribution >= 0.6 is 0 Å². The van der Waals surface area contributed by atoms with Crippen LogP contribution in [0.1, 0.15) is 34.0 Å². The largest absolute Gasteiger partial charge is 0.364 e. The fourth-order valence-corrected chi connectivity index (χ4v) is 2.85. The average molecular weight is 303 g/mol. The standard InChI is InChI=1S/C15H14FN3O3/c1-19-10-5-3-2-4-8(10)6-7-9(15(19)21)11-12(14(17)20)18-22-13(11)16/h2-5,9H,6-7H2,1H3,(H2,17,20). The molecule has 1 atom stereocenters. The number of fused-ring (bicyclic) bond motifs is 1. The molecule has 1 aromatic heterocycles. The van der Waals surface area contributed by atoms with E-state index < -0.39 is 17.8 Å². The lowest BCUT2D eigenvalue weighted by Gasteiger charge is -2.20. The van der Waals surface area contributed by atoms with Gasteiger partial charge in [-0.15, -0.1) is 0 Å². The average Bonchev–Trinajstić information content (AvgIpc) is 2.83. The molecule has 114 valence electrons. The summed E-state index contributed by atoms with van der Waals surface area (Å²) in [6.45, 7) is 0. The summed E-state index contributed by atoms with van der Waals surface area (Å²) in [7, 11) is 1.62. The summed E-state index contributed by atoms with van der Waals surface area (Å²) in [6.07, 6.45) is 0.915. The summed E-state index contributed by atoms with van der Waals surface area (Å²) in [5.74, 6) is -2.10. The highest BCUT2D eigenvalue weighted by molar-refractivity contribution is 6.01. The van der Waals surface area contributed by atoms with Crippen LogP contribution in [0.15, 0.2) is 28.8 Å². The highest BCUT2D eigenvalue weighted by atomic mass is 19.1. The van der Waals surface area contributed by atoms with Crippen molar-refractivity contribution in [1.29, 1.82) is 0 Å². The zero-order valence-corrected chi connectivity index (χ0v) is 11.9. The molecule has 0 fully saturated rings. The van der Waals surface area contributed by atoms with Gasteiger partial charge in [0.1, 0.15) is 0 Å². The number of hydrogen-bond acceptors (Lipinski definition) is 4. The van der Waals surface area contributed by atoms with Gasteiger partial charge in [-0.1, -0.05) is 23.4 Å². The lowest BCUT2D eigenvalue weighted by atomic mass is 9.92. The van der Waals surface area contributed by atoms with E-state index in [-0.39, 0.29) is 17.2 Å². The minimum Gasteiger partial charge on any atom is -0.364 e. The molecule has 6 nitrogen and oxygen atoms in total. The van der Waals surface area contributed by atoms with Gasteiger partial charge in [-0.05, 0) is 24.5 Å². The molecule has 7 heteroatoms. The molecule has 2 aromatic rings. The van der Waals surface area contributed by atoms with Crippen LogP contribution in [0.25, 0.3) is 0 Å². The SMILES string of the molecule is CN1C(=O)C(c2c(C(N)=O)noc2F)CCc2ccccc21. The van der Waals surface area contributed by atoms with Crippen molar-refractivity contribution in [2.45, 2.75) is 18.8 Å². The Morgan fingerprint density at radius 2 is 2.18 bits per heavy atom. The van der Waals surface area contributed by atoms with Gasteiger partial charge in [-0.3, -0.25) is 9.59 Å². The number of nitrogens with zero attached hydrogens (tertiary/aromatic N) is 2. The summed E-state index contributed by atoms with van der Waals surface area (Å²) < 4.78 is 18.3. The van der Waals surface area contributed by atoms with Crippen LogP contribution in [0.4, 0.5) is 10.1 Å². The van der Waals surface area contributed by atoms with Crippen molar-refractivity contribution in [3.63, 3.8) is 0 Å². The monoisotopic (exact) mass is 303 g/mol. The van der Waals surface area contributed by atoms with Crippen molar-refractivity contribution in [3.05, 3.63) is 47.1 Å². The molecular weight excluding hydrogens is 289 g/mol. The quantitative estimate of drug-likeness (QED) is 0.912. The van der Waals surface area contributed by atoms with Gasteiger partial charge < -0.3 is 15.2 Å². The Hall–Kier alpha value is -2.70. The third-order valence-electron chi connectivity index (χ3n) is 3.95. The number of primary amides is 1. The van der Waals surface area contributed by atoms with E-state index >= 15 is 0 Å². The second kappa shape index (κ2) is 5.25. The van der Waals surface area contributed by atoms with Gasteiger partial charge in [0.15, 0.2) is 5.69 Å². The molecule has 2 N–H and O–H groups in total. The molecule has 0 spiro atoms. The van der Waals surface area contributed by atoms with Crippen LogP contribution in [0.2, 0.25) is 0 Å². The molecule has 0 aliphatic carbocycles. The van der Waals surface area contributed by atoms with E-state index in [1.165, 1.54) is 4.90 Å². The van der Waals surface area contributed by atoms with Gasteiger partial charge in [-0.25, -0.2) is 0 Å².